The second-order valence-corrected chi connectivity index (χ2v) is 9.29. The summed E-state index contributed by atoms with van der Waals surface area (Å²) in [4.78, 5) is 0.346. The zero-order valence-corrected chi connectivity index (χ0v) is 15.9. The van der Waals surface area contributed by atoms with Crippen molar-refractivity contribution in [2.45, 2.75) is 55.9 Å². The van der Waals surface area contributed by atoms with Crippen LogP contribution < -0.4 is 10.1 Å². The molecule has 0 unspecified atom stereocenters. The van der Waals surface area contributed by atoms with Gasteiger partial charge in [0.05, 0.1) is 11.5 Å². The van der Waals surface area contributed by atoms with Crippen LogP contribution in [0.4, 0.5) is 0 Å². The molecular formula is C19H30N2O3S. The van der Waals surface area contributed by atoms with Crippen molar-refractivity contribution in [2.75, 3.05) is 26.7 Å². The van der Waals surface area contributed by atoms with Crippen molar-refractivity contribution < 1.29 is 13.2 Å². The first-order valence-corrected chi connectivity index (χ1v) is 10.9. The molecule has 25 heavy (non-hydrogen) atoms. The summed E-state index contributed by atoms with van der Waals surface area (Å²) in [7, 11) is -1.75. The Morgan fingerprint density at radius 2 is 1.68 bits per heavy atom. The smallest absolute Gasteiger partial charge is 0.243 e. The molecular weight excluding hydrogens is 336 g/mol. The standard InChI is InChI=1S/C19H30N2O3S/c1-21(17-11-13-20-14-12-17)25(22,23)19-9-7-18(8-10-19)24-15-16-5-3-2-4-6-16/h7-10,16-17,20H,2-6,11-15H2,1H3. The lowest BCUT2D eigenvalue weighted by molar-refractivity contribution is 0.208. The maximum absolute atomic E-state index is 12.8. The third kappa shape index (κ3) is 4.74. The number of rotatable bonds is 6. The van der Waals surface area contributed by atoms with Crippen LogP contribution in [0.5, 0.6) is 5.75 Å². The second kappa shape index (κ2) is 8.52. The van der Waals surface area contributed by atoms with E-state index in [0.717, 1.165) is 38.3 Å². The fourth-order valence-electron chi connectivity index (χ4n) is 3.81. The van der Waals surface area contributed by atoms with Gasteiger partial charge in [0.25, 0.3) is 0 Å². The Kier molecular flexibility index (Phi) is 6.36. The number of hydrogen-bond donors (Lipinski definition) is 1. The molecule has 1 saturated carbocycles. The maximum Gasteiger partial charge on any atom is 0.243 e. The van der Waals surface area contributed by atoms with Crippen molar-refractivity contribution in [1.29, 1.82) is 0 Å². The lowest BCUT2D eigenvalue weighted by Crippen LogP contribution is -2.43. The van der Waals surface area contributed by atoms with Crippen molar-refractivity contribution in [1.82, 2.24) is 9.62 Å². The van der Waals surface area contributed by atoms with E-state index < -0.39 is 10.0 Å². The SMILES string of the molecule is CN(C1CCNCC1)S(=O)(=O)c1ccc(OCC2CCCCC2)cc1. The molecule has 1 aliphatic heterocycles. The van der Waals surface area contributed by atoms with E-state index >= 15 is 0 Å². The third-order valence-corrected chi connectivity index (χ3v) is 7.46. The molecule has 0 radical (unpaired) electrons. The van der Waals surface area contributed by atoms with Crippen molar-refractivity contribution in [3.8, 4) is 5.75 Å². The van der Waals surface area contributed by atoms with Gasteiger partial charge in [-0.25, -0.2) is 8.42 Å². The van der Waals surface area contributed by atoms with Gasteiger partial charge in [-0.1, -0.05) is 19.3 Å². The van der Waals surface area contributed by atoms with Crippen molar-refractivity contribution in [3.05, 3.63) is 24.3 Å². The predicted octanol–water partition coefficient (Wildman–Crippen LogP) is 3.02. The summed E-state index contributed by atoms with van der Waals surface area (Å²) in [6, 6.07) is 6.98. The summed E-state index contributed by atoms with van der Waals surface area (Å²) in [5, 5.41) is 3.27. The van der Waals surface area contributed by atoms with Gasteiger partial charge in [0.1, 0.15) is 5.75 Å². The summed E-state index contributed by atoms with van der Waals surface area (Å²) in [6.07, 6.45) is 8.15. The Hall–Kier alpha value is -1.11. The highest BCUT2D eigenvalue weighted by molar-refractivity contribution is 7.89. The van der Waals surface area contributed by atoms with Crippen LogP contribution >= 0.6 is 0 Å². The molecule has 1 aliphatic carbocycles. The molecule has 3 rings (SSSR count). The zero-order chi connectivity index (χ0) is 17.7. The Balaban J connectivity index is 1.60. The van der Waals surface area contributed by atoms with Crippen LogP contribution in [0.3, 0.4) is 0 Å². The van der Waals surface area contributed by atoms with Gasteiger partial charge in [-0.15, -0.1) is 0 Å². The molecule has 1 aromatic carbocycles. The molecule has 0 bridgehead atoms. The molecule has 1 N–H and O–H groups in total. The Labute approximate surface area is 151 Å². The van der Waals surface area contributed by atoms with Gasteiger partial charge in [0, 0.05) is 13.1 Å². The van der Waals surface area contributed by atoms with Crippen LogP contribution in [0.15, 0.2) is 29.2 Å². The minimum absolute atomic E-state index is 0.0773. The van der Waals surface area contributed by atoms with E-state index in [1.165, 1.54) is 36.4 Å². The lowest BCUT2D eigenvalue weighted by Gasteiger charge is -2.30. The summed E-state index contributed by atoms with van der Waals surface area (Å²) < 4.78 is 33.0. The monoisotopic (exact) mass is 366 g/mol. The van der Waals surface area contributed by atoms with E-state index in [1.807, 2.05) is 0 Å². The van der Waals surface area contributed by atoms with E-state index in [4.69, 9.17) is 4.74 Å². The normalized spacial score (nSPS) is 20.7. The van der Waals surface area contributed by atoms with E-state index in [9.17, 15) is 8.42 Å². The zero-order valence-electron chi connectivity index (χ0n) is 15.1. The highest BCUT2D eigenvalue weighted by Gasteiger charge is 2.28. The first-order chi connectivity index (χ1) is 12.1. The van der Waals surface area contributed by atoms with Crippen LogP contribution in [0.25, 0.3) is 0 Å². The van der Waals surface area contributed by atoms with E-state index in [2.05, 4.69) is 5.32 Å². The molecule has 2 fully saturated rings. The fourth-order valence-corrected chi connectivity index (χ4v) is 5.22. The van der Waals surface area contributed by atoms with Crippen molar-refractivity contribution in [3.63, 3.8) is 0 Å². The van der Waals surface area contributed by atoms with E-state index in [0.29, 0.717) is 10.8 Å². The van der Waals surface area contributed by atoms with E-state index in [-0.39, 0.29) is 6.04 Å². The number of nitrogens with one attached hydrogen (secondary N) is 1. The minimum atomic E-state index is -3.44. The quantitative estimate of drug-likeness (QED) is 0.841. The molecule has 2 aliphatic rings. The number of ether oxygens (including phenoxy) is 1. The van der Waals surface area contributed by atoms with Gasteiger partial charge in [-0.05, 0) is 69.0 Å². The van der Waals surface area contributed by atoms with Gasteiger partial charge < -0.3 is 10.1 Å². The second-order valence-electron chi connectivity index (χ2n) is 7.29. The molecule has 1 saturated heterocycles. The summed E-state index contributed by atoms with van der Waals surface area (Å²) in [6.45, 7) is 2.48. The highest BCUT2D eigenvalue weighted by atomic mass is 32.2. The summed E-state index contributed by atoms with van der Waals surface area (Å²) in [5.74, 6) is 1.40. The largest absolute Gasteiger partial charge is 0.493 e. The van der Waals surface area contributed by atoms with Crippen LogP contribution in [-0.2, 0) is 10.0 Å². The molecule has 5 nitrogen and oxygen atoms in total. The fraction of sp³-hybridized carbons (Fsp3) is 0.684. The van der Waals surface area contributed by atoms with Crippen LogP contribution in [0.1, 0.15) is 44.9 Å². The predicted molar refractivity (Wildman–Crippen MR) is 99.4 cm³/mol. The van der Waals surface area contributed by atoms with Gasteiger partial charge in [0.15, 0.2) is 0 Å². The number of piperidine rings is 1. The molecule has 1 heterocycles. The maximum atomic E-state index is 12.8. The van der Waals surface area contributed by atoms with Crippen LogP contribution in [-0.4, -0.2) is 45.5 Å². The first-order valence-electron chi connectivity index (χ1n) is 9.49. The topological polar surface area (TPSA) is 58.6 Å². The van der Waals surface area contributed by atoms with Crippen molar-refractivity contribution >= 4 is 10.0 Å². The average Bonchev–Trinajstić information content (AvgIpc) is 2.67. The Bertz CT molecular complexity index is 633. The number of benzene rings is 1. The number of nitrogens with zero attached hydrogens (tertiary/aromatic N) is 1. The third-order valence-electron chi connectivity index (χ3n) is 5.53. The van der Waals surface area contributed by atoms with Gasteiger partial charge in [-0.2, -0.15) is 4.31 Å². The molecule has 0 spiro atoms. The van der Waals surface area contributed by atoms with E-state index in [1.54, 1.807) is 31.3 Å². The van der Waals surface area contributed by atoms with Crippen LogP contribution in [0.2, 0.25) is 0 Å². The first kappa shape index (κ1) is 18.7. The molecule has 0 atom stereocenters. The average molecular weight is 367 g/mol. The molecule has 0 amide bonds. The Morgan fingerprint density at radius 3 is 2.32 bits per heavy atom. The molecule has 1 aromatic rings. The molecule has 0 aromatic heterocycles. The van der Waals surface area contributed by atoms with Gasteiger partial charge in [0.2, 0.25) is 10.0 Å². The van der Waals surface area contributed by atoms with Crippen LogP contribution in [0, 0.1) is 5.92 Å². The molecule has 6 heteroatoms. The number of hydrogen-bond acceptors (Lipinski definition) is 4. The van der Waals surface area contributed by atoms with Crippen molar-refractivity contribution in [2.24, 2.45) is 5.92 Å². The summed E-state index contributed by atoms with van der Waals surface area (Å²) >= 11 is 0. The van der Waals surface area contributed by atoms with Gasteiger partial charge >= 0.3 is 0 Å². The highest BCUT2D eigenvalue weighted by Crippen LogP contribution is 2.26. The minimum Gasteiger partial charge on any atom is -0.493 e. The summed E-state index contributed by atoms with van der Waals surface area (Å²) in [5.41, 5.74) is 0. The van der Waals surface area contributed by atoms with Gasteiger partial charge in [-0.3, -0.25) is 0 Å². The molecule has 140 valence electrons. The lowest BCUT2D eigenvalue weighted by atomic mass is 9.90. The number of sulfonamides is 1. The Morgan fingerprint density at radius 1 is 1.04 bits per heavy atom.